The van der Waals surface area contributed by atoms with Crippen LogP contribution in [-0.4, -0.2) is 35.5 Å². The van der Waals surface area contributed by atoms with Crippen LogP contribution >= 0.6 is 0 Å². The van der Waals surface area contributed by atoms with Crippen LogP contribution in [0.4, 0.5) is 33.3 Å². The third-order valence-electron chi connectivity index (χ3n) is 6.59. The molecular formula is C26H25F5N2O3. The first-order chi connectivity index (χ1) is 16.9. The van der Waals surface area contributed by atoms with E-state index in [-0.39, 0.29) is 24.2 Å². The molecule has 36 heavy (non-hydrogen) atoms. The fraction of sp³-hybridized carbons (Fsp3) is 0.385. The van der Waals surface area contributed by atoms with Gasteiger partial charge in [-0.15, -0.1) is 0 Å². The largest absolute Gasteiger partial charge is 0.416 e. The monoisotopic (exact) mass is 508 g/mol. The highest BCUT2D eigenvalue weighted by Crippen LogP contribution is 2.41. The zero-order valence-corrected chi connectivity index (χ0v) is 19.5. The summed E-state index contributed by atoms with van der Waals surface area (Å²) in [7, 11) is 0. The highest BCUT2D eigenvalue weighted by atomic mass is 19.4. The van der Waals surface area contributed by atoms with Crippen molar-refractivity contribution in [2.24, 2.45) is 0 Å². The number of rotatable bonds is 4. The summed E-state index contributed by atoms with van der Waals surface area (Å²) < 4.78 is 68.4. The van der Waals surface area contributed by atoms with E-state index < -0.39 is 42.0 Å². The number of benzene rings is 2. The SMILES string of the molecule is CCC(F)(F)C(=O)N1CC/C(=C\C(=O)Nc2cccc3c2CC(O)CC3)c2ccc(C(F)(F)F)cc21. The average molecular weight is 508 g/mol. The highest BCUT2D eigenvalue weighted by Gasteiger charge is 2.43. The van der Waals surface area contributed by atoms with Crippen LogP contribution in [0.1, 0.15) is 48.4 Å². The zero-order valence-electron chi connectivity index (χ0n) is 19.5. The summed E-state index contributed by atoms with van der Waals surface area (Å²) >= 11 is 0. The van der Waals surface area contributed by atoms with E-state index in [2.05, 4.69) is 5.32 Å². The van der Waals surface area contributed by atoms with Gasteiger partial charge in [0.15, 0.2) is 0 Å². The Bertz CT molecular complexity index is 1220. The van der Waals surface area contributed by atoms with Crippen LogP contribution in [0.15, 0.2) is 42.5 Å². The summed E-state index contributed by atoms with van der Waals surface area (Å²) in [5.74, 6) is -5.87. The van der Waals surface area contributed by atoms with Crippen molar-refractivity contribution < 1.29 is 36.6 Å². The Balaban J connectivity index is 1.68. The molecule has 10 heteroatoms. The van der Waals surface area contributed by atoms with Crippen molar-refractivity contribution in [2.75, 3.05) is 16.8 Å². The molecular weight excluding hydrogens is 483 g/mol. The van der Waals surface area contributed by atoms with Crippen molar-refractivity contribution in [3.63, 3.8) is 0 Å². The lowest BCUT2D eigenvalue weighted by Crippen LogP contribution is -2.45. The summed E-state index contributed by atoms with van der Waals surface area (Å²) in [4.78, 5) is 26.0. The number of aryl methyl sites for hydroxylation is 1. The predicted octanol–water partition coefficient (Wildman–Crippen LogP) is 5.36. The van der Waals surface area contributed by atoms with Gasteiger partial charge in [0.1, 0.15) is 0 Å². The molecule has 0 spiro atoms. The summed E-state index contributed by atoms with van der Waals surface area (Å²) in [6.07, 6.45) is -3.17. The minimum atomic E-state index is -4.74. The Morgan fingerprint density at radius 1 is 1.14 bits per heavy atom. The van der Waals surface area contributed by atoms with Gasteiger partial charge in [-0.05, 0) is 54.2 Å². The molecule has 0 bridgehead atoms. The molecule has 0 saturated heterocycles. The van der Waals surface area contributed by atoms with E-state index in [1.165, 1.54) is 6.08 Å². The first-order valence-electron chi connectivity index (χ1n) is 11.6. The average Bonchev–Trinajstić information content (AvgIpc) is 2.83. The molecule has 1 atom stereocenters. The predicted molar refractivity (Wildman–Crippen MR) is 125 cm³/mol. The molecule has 0 fully saturated rings. The third-order valence-corrected chi connectivity index (χ3v) is 6.59. The smallest absolute Gasteiger partial charge is 0.393 e. The van der Waals surface area contributed by atoms with Gasteiger partial charge in [0, 0.05) is 36.7 Å². The third kappa shape index (κ3) is 5.13. The molecule has 0 saturated carbocycles. The Hall–Kier alpha value is -3.27. The fourth-order valence-electron chi connectivity index (χ4n) is 4.61. The van der Waals surface area contributed by atoms with Crippen molar-refractivity contribution in [3.05, 3.63) is 64.7 Å². The second kappa shape index (κ2) is 9.65. The van der Waals surface area contributed by atoms with Crippen LogP contribution in [-0.2, 0) is 28.6 Å². The number of hydrogen-bond acceptors (Lipinski definition) is 3. The van der Waals surface area contributed by atoms with Crippen LogP contribution < -0.4 is 10.2 Å². The second-order valence-electron chi connectivity index (χ2n) is 8.99. The maximum Gasteiger partial charge on any atom is 0.416 e. The van der Waals surface area contributed by atoms with Crippen molar-refractivity contribution in [1.82, 2.24) is 0 Å². The van der Waals surface area contributed by atoms with Gasteiger partial charge in [0.25, 0.3) is 5.91 Å². The van der Waals surface area contributed by atoms with Crippen LogP contribution in [0.2, 0.25) is 0 Å². The van der Waals surface area contributed by atoms with E-state index in [1.54, 1.807) is 12.1 Å². The second-order valence-corrected chi connectivity index (χ2v) is 8.99. The Labute approximate surface area is 204 Å². The Kier molecular flexibility index (Phi) is 6.92. The maximum absolute atomic E-state index is 14.2. The van der Waals surface area contributed by atoms with Gasteiger partial charge in [-0.3, -0.25) is 9.59 Å². The summed E-state index contributed by atoms with van der Waals surface area (Å²) in [5, 5.41) is 12.8. The van der Waals surface area contributed by atoms with Gasteiger partial charge in [-0.25, -0.2) is 0 Å². The molecule has 2 amide bonds. The molecule has 1 heterocycles. The number of carbonyl (C=O) groups is 2. The number of alkyl halides is 5. The molecule has 2 aromatic rings. The quantitative estimate of drug-likeness (QED) is 0.432. The standard InChI is InChI=1S/C26H25F5N2O3/c1-2-25(27,28)24(36)33-11-10-16(19-9-7-17(13-22(19)33)26(29,30)31)12-23(35)32-21-5-3-4-15-6-8-18(34)14-20(15)21/h3-5,7,9,12-13,18,34H,2,6,8,10-11,14H2,1H3,(H,32,35)/b16-12+. The molecule has 192 valence electrons. The molecule has 2 aromatic carbocycles. The van der Waals surface area contributed by atoms with Crippen LogP contribution in [0.3, 0.4) is 0 Å². The number of aliphatic hydroxyl groups excluding tert-OH is 1. The maximum atomic E-state index is 14.2. The van der Waals surface area contributed by atoms with Gasteiger partial charge in [-0.1, -0.05) is 25.1 Å². The van der Waals surface area contributed by atoms with Crippen LogP contribution in [0.25, 0.3) is 5.57 Å². The van der Waals surface area contributed by atoms with Crippen molar-refractivity contribution in [2.45, 2.75) is 57.2 Å². The molecule has 1 aliphatic carbocycles. The van der Waals surface area contributed by atoms with E-state index in [4.69, 9.17) is 0 Å². The summed E-state index contributed by atoms with van der Waals surface area (Å²) in [6.45, 7) is 0.820. The van der Waals surface area contributed by atoms with Crippen LogP contribution in [0, 0.1) is 0 Å². The van der Waals surface area contributed by atoms with E-state index in [9.17, 15) is 36.6 Å². The molecule has 1 aliphatic heterocycles. The fourth-order valence-corrected chi connectivity index (χ4v) is 4.61. The summed E-state index contributed by atoms with van der Waals surface area (Å²) in [6, 6.07) is 7.96. The zero-order chi connectivity index (χ0) is 26.3. The summed E-state index contributed by atoms with van der Waals surface area (Å²) in [5.41, 5.74) is 1.39. The first-order valence-corrected chi connectivity index (χ1v) is 11.6. The van der Waals surface area contributed by atoms with Crippen molar-refractivity contribution in [1.29, 1.82) is 0 Å². The number of halogens is 5. The number of amides is 2. The Morgan fingerprint density at radius 2 is 1.89 bits per heavy atom. The minimum absolute atomic E-state index is 0.00291. The molecule has 0 radical (unpaired) electrons. The number of carbonyl (C=O) groups excluding carboxylic acids is 2. The van der Waals surface area contributed by atoms with Crippen molar-refractivity contribution in [3.8, 4) is 0 Å². The highest BCUT2D eigenvalue weighted by molar-refractivity contribution is 6.08. The minimum Gasteiger partial charge on any atom is -0.393 e. The number of hydrogen-bond donors (Lipinski definition) is 2. The molecule has 2 N–H and O–H groups in total. The topological polar surface area (TPSA) is 69.6 Å². The van der Waals surface area contributed by atoms with Gasteiger partial charge >= 0.3 is 12.1 Å². The van der Waals surface area contributed by atoms with Gasteiger partial charge in [0.2, 0.25) is 5.91 Å². The lowest BCUT2D eigenvalue weighted by atomic mass is 9.88. The lowest BCUT2D eigenvalue weighted by molar-refractivity contribution is -0.143. The van der Waals surface area contributed by atoms with E-state index in [1.807, 2.05) is 6.07 Å². The molecule has 2 aliphatic rings. The lowest BCUT2D eigenvalue weighted by Gasteiger charge is -2.33. The van der Waals surface area contributed by atoms with E-state index in [0.717, 1.165) is 30.2 Å². The normalized spacial score (nSPS) is 19.0. The number of anilines is 2. The molecule has 1 unspecified atom stereocenters. The van der Waals surface area contributed by atoms with E-state index in [0.29, 0.717) is 41.5 Å². The number of aliphatic hydroxyl groups is 1. The number of nitrogens with zero attached hydrogens (tertiary/aromatic N) is 1. The van der Waals surface area contributed by atoms with Gasteiger partial charge in [0.05, 0.1) is 17.4 Å². The Morgan fingerprint density at radius 3 is 2.58 bits per heavy atom. The first kappa shape index (κ1) is 25.8. The number of fused-ring (bicyclic) bond motifs is 2. The molecule has 0 aromatic heterocycles. The van der Waals surface area contributed by atoms with E-state index >= 15 is 0 Å². The van der Waals surface area contributed by atoms with Gasteiger partial charge < -0.3 is 15.3 Å². The van der Waals surface area contributed by atoms with Crippen LogP contribution in [0.5, 0.6) is 0 Å². The van der Waals surface area contributed by atoms with Crippen molar-refractivity contribution >= 4 is 28.8 Å². The van der Waals surface area contributed by atoms with Gasteiger partial charge in [-0.2, -0.15) is 22.0 Å². The molecule has 5 nitrogen and oxygen atoms in total. The molecule has 4 rings (SSSR count). The number of nitrogens with one attached hydrogen (secondary N) is 1.